The second-order valence-corrected chi connectivity index (χ2v) is 6.62. The van der Waals surface area contributed by atoms with Crippen LogP contribution in [0.5, 0.6) is 0 Å². The topological polar surface area (TPSA) is 77.2 Å². The van der Waals surface area contributed by atoms with E-state index in [0.717, 1.165) is 63.8 Å². The lowest BCUT2D eigenvalue weighted by Gasteiger charge is -2.39. The van der Waals surface area contributed by atoms with E-state index >= 15 is 0 Å². The van der Waals surface area contributed by atoms with E-state index in [9.17, 15) is 4.79 Å². The Hall–Kier alpha value is -1.36. The van der Waals surface area contributed by atoms with Gasteiger partial charge >= 0.3 is 0 Å². The number of aromatic nitrogens is 1. The first-order valence-electron chi connectivity index (χ1n) is 9.06. The van der Waals surface area contributed by atoms with Crippen LogP contribution in [0, 0.1) is 0 Å². The van der Waals surface area contributed by atoms with Gasteiger partial charge in [-0.3, -0.25) is 14.7 Å². The molecule has 1 atom stereocenters. The number of amides is 1. The number of halogens is 1. The summed E-state index contributed by atoms with van der Waals surface area (Å²) in [4.78, 5) is 23.4. The molecule has 2 fully saturated rings. The van der Waals surface area contributed by atoms with Crippen LogP contribution in [0.1, 0.15) is 25.5 Å². The maximum absolute atomic E-state index is 12.6. The van der Waals surface area contributed by atoms with Crippen molar-refractivity contribution in [1.82, 2.24) is 25.2 Å². The van der Waals surface area contributed by atoms with Crippen LogP contribution in [-0.2, 0) is 11.3 Å². The predicted octanol–water partition coefficient (Wildman–Crippen LogP) is 0.996. The standard InChI is InChI=1S/C17H28N6O2.HI/c1-14(16(24)22-6-3-4-7-22)21-8-10-23(11-9-21)17(18-2)19-13-15-5-12-25-20-15;/h5,12,14H,3-4,6-11,13H2,1-2H3,(H,18,19);1H. The fourth-order valence-electron chi connectivity index (χ4n) is 3.51. The van der Waals surface area contributed by atoms with E-state index in [2.05, 4.69) is 25.3 Å². The summed E-state index contributed by atoms with van der Waals surface area (Å²) in [6.45, 7) is 7.91. The minimum absolute atomic E-state index is 0. The molecule has 1 N–H and O–H groups in total. The Labute approximate surface area is 172 Å². The first kappa shape index (κ1) is 20.9. The van der Waals surface area contributed by atoms with Crippen LogP contribution in [-0.4, -0.2) is 84.1 Å². The SMILES string of the molecule is CN=C(NCc1ccon1)N1CCN(C(C)C(=O)N2CCCC2)CC1.I. The van der Waals surface area contributed by atoms with Gasteiger partial charge in [-0.25, -0.2) is 0 Å². The summed E-state index contributed by atoms with van der Waals surface area (Å²) in [5.41, 5.74) is 0.851. The van der Waals surface area contributed by atoms with Crippen LogP contribution in [0.4, 0.5) is 0 Å². The summed E-state index contributed by atoms with van der Waals surface area (Å²) in [6.07, 6.45) is 3.84. The van der Waals surface area contributed by atoms with Crippen LogP contribution in [0.25, 0.3) is 0 Å². The Kier molecular flexibility index (Phi) is 8.14. The Balaban J connectivity index is 0.00000243. The summed E-state index contributed by atoms with van der Waals surface area (Å²) in [7, 11) is 1.79. The van der Waals surface area contributed by atoms with Gasteiger partial charge in [0.2, 0.25) is 5.91 Å². The average Bonchev–Trinajstić information content (AvgIpc) is 3.35. The number of hydrogen-bond acceptors (Lipinski definition) is 5. The minimum Gasteiger partial charge on any atom is -0.364 e. The highest BCUT2D eigenvalue weighted by Gasteiger charge is 2.30. The van der Waals surface area contributed by atoms with Gasteiger partial charge in [0, 0.05) is 52.4 Å². The van der Waals surface area contributed by atoms with Gasteiger partial charge in [-0.1, -0.05) is 5.16 Å². The molecule has 2 saturated heterocycles. The largest absolute Gasteiger partial charge is 0.364 e. The molecule has 0 saturated carbocycles. The predicted molar refractivity (Wildman–Crippen MR) is 111 cm³/mol. The molecule has 2 aliphatic heterocycles. The molecule has 1 amide bonds. The Morgan fingerprint density at radius 1 is 1.23 bits per heavy atom. The quantitative estimate of drug-likeness (QED) is 0.397. The van der Waals surface area contributed by atoms with E-state index < -0.39 is 0 Å². The molecule has 3 heterocycles. The fourth-order valence-corrected chi connectivity index (χ4v) is 3.51. The van der Waals surface area contributed by atoms with E-state index in [4.69, 9.17) is 4.52 Å². The van der Waals surface area contributed by atoms with E-state index in [1.54, 1.807) is 13.3 Å². The first-order valence-corrected chi connectivity index (χ1v) is 9.06. The number of carbonyl (C=O) groups excluding carboxylic acids is 1. The van der Waals surface area contributed by atoms with Gasteiger partial charge in [-0.15, -0.1) is 24.0 Å². The lowest BCUT2D eigenvalue weighted by molar-refractivity contribution is -0.135. The van der Waals surface area contributed by atoms with Gasteiger partial charge in [-0.05, 0) is 19.8 Å². The highest BCUT2D eigenvalue weighted by molar-refractivity contribution is 14.0. The Morgan fingerprint density at radius 3 is 2.50 bits per heavy atom. The number of nitrogens with zero attached hydrogens (tertiary/aromatic N) is 5. The van der Waals surface area contributed by atoms with E-state index in [-0.39, 0.29) is 35.9 Å². The number of likely N-dealkylation sites (tertiary alicyclic amines) is 1. The van der Waals surface area contributed by atoms with Crippen molar-refractivity contribution in [3.05, 3.63) is 18.0 Å². The number of aliphatic imine (C=N–C) groups is 1. The first-order chi connectivity index (χ1) is 12.2. The van der Waals surface area contributed by atoms with Crippen molar-refractivity contribution in [2.75, 3.05) is 46.3 Å². The molecule has 1 aromatic heterocycles. The van der Waals surface area contributed by atoms with E-state index in [1.165, 1.54) is 0 Å². The minimum atomic E-state index is -0.0367. The molecule has 0 aliphatic carbocycles. The zero-order valence-electron chi connectivity index (χ0n) is 15.6. The lowest BCUT2D eigenvalue weighted by Crippen LogP contribution is -2.57. The van der Waals surface area contributed by atoms with Crippen LogP contribution in [0.15, 0.2) is 21.8 Å². The van der Waals surface area contributed by atoms with Crippen LogP contribution in [0.3, 0.4) is 0 Å². The van der Waals surface area contributed by atoms with Gasteiger partial charge in [0.15, 0.2) is 5.96 Å². The molecule has 8 nitrogen and oxygen atoms in total. The van der Waals surface area contributed by atoms with Crippen molar-refractivity contribution in [2.45, 2.75) is 32.4 Å². The number of carbonyl (C=O) groups is 1. The number of rotatable bonds is 4. The van der Waals surface area contributed by atoms with E-state index in [1.807, 2.05) is 17.9 Å². The second-order valence-electron chi connectivity index (χ2n) is 6.62. The van der Waals surface area contributed by atoms with Crippen LogP contribution in [0.2, 0.25) is 0 Å². The lowest BCUT2D eigenvalue weighted by atomic mass is 10.2. The molecule has 3 rings (SSSR count). The summed E-state index contributed by atoms with van der Waals surface area (Å²) in [5.74, 6) is 1.14. The summed E-state index contributed by atoms with van der Waals surface area (Å²) in [6, 6.07) is 1.80. The molecular formula is C17H29IN6O2. The van der Waals surface area contributed by atoms with Crippen molar-refractivity contribution in [2.24, 2.45) is 4.99 Å². The van der Waals surface area contributed by atoms with Crippen molar-refractivity contribution >= 4 is 35.8 Å². The summed E-state index contributed by atoms with van der Waals surface area (Å²) < 4.78 is 4.84. The number of piperazine rings is 1. The molecule has 9 heteroatoms. The Bertz CT molecular complexity index is 580. The number of hydrogen-bond donors (Lipinski definition) is 1. The maximum Gasteiger partial charge on any atom is 0.239 e. The molecular weight excluding hydrogens is 447 g/mol. The highest BCUT2D eigenvalue weighted by Crippen LogP contribution is 2.14. The zero-order valence-corrected chi connectivity index (χ0v) is 17.9. The molecule has 2 aliphatic rings. The van der Waals surface area contributed by atoms with Crippen molar-refractivity contribution < 1.29 is 9.32 Å². The maximum atomic E-state index is 12.6. The molecule has 0 aromatic carbocycles. The zero-order chi connectivity index (χ0) is 17.6. The molecule has 1 aromatic rings. The number of nitrogens with one attached hydrogen (secondary N) is 1. The molecule has 26 heavy (non-hydrogen) atoms. The van der Waals surface area contributed by atoms with Gasteiger partial charge in [0.25, 0.3) is 0 Å². The van der Waals surface area contributed by atoms with Gasteiger partial charge < -0.3 is 19.6 Å². The fraction of sp³-hybridized carbons (Fsp3) is 0.706. The molecule has 0 spiro atoms. The average molecular weight is 476 g/mol. The third-order valence-electron chi connectivity index (χ3n) is 5.07. The number of guanidine groups is 1. The van der Waals surface area contributed by atoms with E-state index in [0.29, 0.717) is 6.54 Å². The van der Waals surface area contributed by atoms with Crippen molar-refractivity contribution in [3.63, 3.8) is 0 Å². The van der Waals surface area contributed by atoms with Crippen LogP contribution >= 0.6 is 24.0 Å². The highest BCUT2D eigenvalue weighted by atomic mass is 127. The monoisotopic (exact) mass is 476 g/mol. The molecule has 146 valence electrons. The van der Waals surface area contributed by atoms with Gasteiger partial charge in [0.05, 0.1) is 12.6 Å². The van der Waals surface area contributed by atoms with Crippen molar-refractivity contribution in [3.8, 4) is 0 Å². The molecule has 1 unspecified atom stereocenters. The second kappa shape index (κ2) is 10.1. The third-order valence-corrected chi connectivity index (χ3v) is 5.07. The van der Waals surface area contributed by atoms with Crippen LogP contribution < -0.4 is 5.32 Å². The normalized spacial score (nSPS) is 20.0. The smallest absolute Gasteiger partial charge is 0.239 e. The third kappa shape index (κ3) is 5.09. The van der Waals surface area contributed by atoms with Gasteiger partial charge in [0.1, 0.15) is 12.0 Å². The summed E-state index contributed by atoms with van der Waals surface area (Å²) in [5, 5.41) is 7.21. The van der Waals surface area contributed by atoms with Crippen molar-refractivity contribution in [1.29, 1.82) is 0 Å². The molecule has 0 bridgehead atoms. The summed E-state index contributed by atoms with van der Waals surface area (Å²) >= 11 is 0. The molecule has 0 radical (unpaired) electrons. The Morgan fingerprint density at radius 2 is 1.92 bits per heavy atom. The van der Waals surface area contributed by atoms with Gasteiger partial charge in [-0.2, -0.15) is 0 Å².